The van der Waals surface area contributed by atoms with Crippen LogP contribution in [0.4, 0.5) is 11.4 Å². The van der Waals surface area contributed by atoms with Crippen molar-refractivity contribution < 1.29 is 13.2 Å². The van der Waals surface area contributed by atoms with Gasteiger partial charge in [0.1, 0.15) is 10.6 Å². The van der Waals surface area contributed by atoms with Crippen molar-refractivity contribution in [3.63, 3.8) is 0 Å². The molecule has 0 spiro atoms. The lowest BCUT2D eigenvalue weighted by molar-refractivity contribution is 0.412. The number of nitrogens with two attached hydrogens (primary N) is 1. The topological polar surface area (TPSA) is 81.4 Å². The molecular weight excluding hydrogens is 380 g/mol. The fraction of sp³-hybridized carbons (Fsp3) is 0.0769. The van der Waals surface area contributed by atoms with Gasteiger partial charge in [0.05, 0.1) is 28.0 Å². The summed E-state index contributed by atoms with van der Waals surface area (Å²) in [5.41, 5.74) is 6.15. The fourth-order valence-corrected chi connectivity index (χ4v) is 4.01. The highest BCUT2D eigenvalue weighted by Crippen LogP contribution is 2.31. The number of hydrogen-bond acceptors (Lipinski definition) is 4. The number of sulfonamides is 1. The lowest BCUT2D eigenvalue weighted by atomic mass is 10.3. The molecule has 0 bridgehead atoms. The van der Waals surface area contributed by atoms with Gasteiger partial charge in [-0.25, -0.2) is 8.42 Å². The Morgan fingerprint density at radius 3 is 2.57 bits per heavy atom. The molecule has 0 aliphatic carbocycles. The molecule has 0 heterocycles. The Morgan fingerprint density at radius 2 is 2.00 bits per heavy atom. The van der Waals surface area contributed by atoms with Crippen molar-refractivity contribution in [1.82, 2.24) is 0 Å². The number of nitrogens with one attached hydrogen (secondary N) is 1. The summed E-state index contributed by atoms with van der Waals surface area (Å²) in [4.78, 5) is -0.140. The molecule has 5 nitrogen and oxygen atoms in total. The highest BCUT2D eigenvalue weighted by atomic mass is 79.9. The zero-order valence-corrected chi connectivity index (χ0v) is 14.1. The van der Waals surface area contributed by atoms with E-state index in [0.717, 1.165) is 0 Å². The molecule has 0 aliphatic heterocycles. The standard InChI is InChI=1S/C13H12BrClN2O3S/c1-20-12-6-5-8(7-9(12)14)17-21(18,19)13-10(15)3-2-4-11(13)16/h2-7,17H,16H2,1H3. The summed E-state index contributed by atoms with van der Waals surface area (Å²) >= 11 is 9.22. The lowest BCUT2D eigenvalue weighted by Gasteiger charge is -2.12. The molecule has 0 radical (unpaired) electrons. The van der Waals surface area contributed by atoms with Gasteiger partial charge < -0.3 is 10.5 Å². The molecule has 112 valence electrons. The zero-order chi connectivity index (χ0) is 15.6. The van der Waals surface area contributed by atoms with Gasteiger partial charge in [-0.3, -0.25) is 4.72 Å². The first kappa shape index (κ1) is 15.9. The first-order chi connectivity index (χ1) is 9.85. The Morgan fingerprint density at radius 1 is 1.29 bits per heavy atom. The smallest absolute Gasteiger partial charge is 0.265 e. The van der Waals surface area contributed by atoms with E-state index in [4.69, 9.17) is 22.1 Å². The van der Waals surface area contributed by atoms with Crippen molar-refractivity contribution in [2.24, 2.45) is 0 Å². The molecule has 0 fully saturated rings. The maximum Gasteiger partial charge on any atom is 0.265 e. The highest BCUT2D eigenvalue weighted by molar-refractivity contribution is 9.10. The third-order valence-electron chi connectivity index (χ3n) is 2.67. The number of anilines is 2. The molecule has 0 aromatic heterocycles. The third kappa shape index (κ3) is 3.42. The van der Waals surface area contributed by atoms with E-state index in [1.807, 2.05) is 0 Å². The van der Waals surface area contributed by atoms with Crippen LogP contribution in [-0.2, 0) is 10.0 Å². The van der Waals surface area contributed by atoms with Crippen LogP contribution in [0.15, 0.2) is 45.8 Å². The minimum absolute atomic E-state index is 0.0649. The normalized spacial score (nSPS) is 11.2. The van der Waals surface area contributed by atoms with Gasteiger partial charge in [0.2, 0.25) is 0 Å². The van der Waals surface area contributed by atoms with Crippen molar-refractivity contribution in [3.8, 4) is 5.75 Å². The minimum atomic E-state index is -3.88. The molecule has 3 N–H and O–H groups in total. The SMILES string of the molecule is COc1ccc(NS(=O)(=O)c2c(N)cccc2Cl)cc1Br. The van der Waals surface area contributed by atoms with E-state index in [2.05, 4.69) is 20.7 Å². The van der Waals surface area contributed by atoms with Crippen LogP contribution in [0.5, 0.6) is 5.75 Å². The summed E-state index contributed by atoms with van der Waals surface area (Å²) in [5, 5.41) is 0.0649. The maximum atomic E-state index is 12.4. The quantitative estimate of drug-likeness (QED) is 0.782. The third-order valence-corrected chi connectivity index (χ3v) is 5.21. The van der Waals surface area contributed by atoms with Crippen LogP contribution < -0.4 is 15.2 Å². The van der Waals surface area contributed by atoms with E-state index in [1.54, 1.807) is 24.3 Å². The number of methoxy groups -OCH3 is 1. The first-order valence-electron chi connectivity index (χ1n) is 5.75. The summed E-state index contributed by atoms with van der Waals surface area (Å²) in [6, 6.07) is 9.33. The van der Waals surface area contributed by atoms with Crippen LogP contribution in [0.2, 0.25) is 5.02 Å². The van der Waals surface area contributed by atoms with Crippen molar-refractivity contribution >= 4 is 48.9 Å². The van der Waals surface area contributed by atoms with Gasteiger partial charge in [-0.15, -0.1) is 0 Å². The predicted octanol–water partition coefficient (Wildman–Crippen LogP) is 3.49. The molecule has 8 heteroatoms. The summed E-state index contributed by atoms with van der Waals surface area (Å²) in [5.74, 6) is 0.593. The van der Waals surface area contributed by atoms with Crippen molar-refractivity contribution in [1.29, 1.82) is 0 Å². The summed E-state index contributed by atoms with van der Waals surface area (Å²) in [6.07, 6.45) is 0. The van der Waals surface area contributed by atoms with Gasteiger partial charge >= 0.3 is 0 Å². The van der Waals surface area contributed by atoms with Crippen LogP contribution in [0.25, 0.3) is 0 Å². The molecule has 0 atom stereocenters. The monoisotopic (exact) mass is 390 g/mol. The zero-order valence-electron chi connectivity index (χ0n) is 10.9. The summed E-state index contributed by atoms with van der Waals surface area (Å²) in [7, 11) is -2.36. The van der Waals surface area contributed by atoms with Crippen molar-refractivity contribution in [3.05, 3.63) is 45.9 Å². The summed E-state index contributed by atoms with van der Waals surface area (Å²) < 4.78 is 32.9. The highest BCUT2D eigenvalue weighted by Gasteiger charge is 2.21. The molecule has 0 unspecified atom stereocenters. The Labute approximate surface area is 136 Å². The van der Waals surface area contributed by atoms with Crippen LogP contribution in [0.1, 0.15) is 0 Å². The Hall–Kier alpha value is -1.44. The molecule has 0 saturated carbocycles. The van der Waals surface area contributed by atoms with Crippen LogP contribution in [-0.4, -0.2) is 15.5 Å². The predicted molar refractivity (Wildman–Crippen MR) is 87.4 cm³/mol. The largest absolute Gasteiger partial charge is 0.496 e. The van der Waals surface area contributed by atoms with Gasteiger partial charge in [0.15, 0.2) is 0 Å². The Kier molecular flexibility index (Phi) is 4.65. The van der Waals surface area contributed by atoms with Gasteiger partial charge in [0, 0.05) is 0 Å². The van der Waals surface area contributed by atoms with E-state index < -0.39 is 10.0 Å². The maximum absolute atomic E-state index is 12.4. The Balaban J connectivity index is 2.40. The van der Waals surface area contributed by atoms with Crippen LogP contribution >= 0.6 is 27.5 Å². The first-order valence-corrected chi connectivity index (χ1v) is 8.41. The van der Waals surface area contributed by atoms with Gasteiger partial charge in [-0.05, 0) is 46.3 Å². The average molecular weight is 392 g/mol. The number of rotatable bonds is 4. The van der Waals surface area contributed by atoms with Crippen molar-refractivity contribution in [2.75, 3.05) is 17.6 Å². The number of nitrogen functional groups attached to an aromatic ring is 1. The van der Waals surface area contributed by atoms with Crippen molar-refractivity contribution in [2.45, 2.75) is 4.90 Å². The molecule has 2 aromatic rings. The molecule has 0 saturated heterocycles. The second-order valence-electron chi connectivity index (χ2n) is 4.11. The van der Waals surface area contributed by atoms with E-state index in [-0.39, 0.29) is 15.6 Å². The molecule has 0 aliphatic rings. The van der Waals surface area contributed by atoms with Gasteiger partial charge in [0.25, 0.3) is 10.0 Å². The second-order valence-corrected chi connectivity index (χ2v) is 6.99. The second kappa shape index (κ2) is 6.13. The minimum Gasteiger partial charge on any atom is -0.496 e. The van der Waals surface area contributed by atoms with E-state index in [0.29, 0.717) is 15.9 Å². The number of ether oxygens (including phenoxy) is 1. The van der Waals surface area contributed by atoms with E-state index in [1.165, 1.54) is 19.2 Å². The van der Waals surface area contributed by atoms with Gasteiger partial charge in [-0.2, -0.15) is 0 Å². The molecule has 21 heavy (non-hydrogen) atoms. The fourth-order valence-electron chi connectivity index (χ4n) is 1.75. The number of hydrogen-bond donors (Lipinski definition) is 2. The molecular formula is C13H12BrClN2O3S. The van der Waals surface area contributed by atoms with Crippen LogP contribution in [0.3, 0.4) is 0 Å². The van der Waals surface area contributed by atoms with Crippen LogP contribution in [0, 0.1) is 0 Å². The summed E-state index contributed by atoms with van der Waals surface area (Å²) in [6.45, 7) is 0. The Bertz CT molecular complexity index is 761. The average Bonchev–Trinajstić information content (AvgIpc) is 2.37. The molecule has 2 rings (SSSR count). The molecule has 2 aromatic carbocycles. The number of halogens is 2. The van der Waals surface area contributed by atoms with E-state index >= 15 is 0 Å². The lowest BCUT2D eigenvalue weighted by Crippen LogP contribution is -2.15. The number of benzene rings is 2. The molecule has 0 amide bonds. The van der Waals surface area contributed by atoms with E-state index in [9.17, 15) is 8.42 Å². The van der Waals surface area contributed by atoms with Gasteiger partial charge in [-0.1, -0.05) is 17.7 Å².